The molecule has 0 aliphatic carbocycles. The lowest BCUT2D eigenvalue weighted by Crippen LogP contribution is -2.12. The molecule has 1 N–H and O–H groups in total. The highest BCUT2D eigenvalue weighted by atomic mass is 32.2. The molecule has 6 heteroatoms. The Bertz CT molecular complexity index is 896. The third-order valence-electron chi connectivity index (χ3n) is 3.39. The zero-order valence-electron chi connectivity index (χ0n) is 11.4. The second-order valence-corrected chi connectivity index (χ2v) is 6.61. The van der Waals surface area contributed by atoms with Crippen molar-refractivity contribution in [2.75, 3.05) is 0 Å². The average Bonchev–Trinajstić information content (AvgIpc) is 2.92. The fraction of sp³-hybridized carbons (Fsp3) is 0.133. The highest BCUT2D eigenvalue weighted by molar-refractivity contribution is 7.90. The van der Waals surface area contributed by atoms with E-state index < -0.39 is 10.0 Å². The van der Waals surface area contributed by atoms with Crippen LogP contribution in [0.5, 0.6) is 0 Å². The van der Waals surface area contributed by atoms with Crippen molar-refractivity contribution in [3.05, 3.63) is 59.9 Å². The second kappa shape index (κ2) is 4.98. The number of hydrogen-bond donors (Lipinski definition) is 1. The van der Waals surface area contributed by atoms with Gasteiger partial charge in [-0.25, -0.2) is 17.4 Å². The number of pyridine rings is 1. The van der Waals surface area contributed by atoms with Crippen molar-refractivity contribution in [1.29, 1.82) is 0 Å². The van der Waals surface area contributed by atoms with Crippen LogP contribution in [0.2, 0.25) is 0 Å². The average molecular weight is 302 g/mol. The normalized spacial score (nSPS) is 11.9. The number of aliphatic hydroxyl groups excluding tert-OH is 1. The van der Waals surface area contributed by atoms with Gasteiger partial charge in [0, 0.05) is 17.8 Å². The summed E-state index contributed by atoms with van der Waals surface area (Å²) in [5.41, 5.74) is 1.96. The van der Waals surface area contributed by atoms with Gasteiger partial charge in [-0.05, 0) is 36.8 Å². The van der Waals surface area contributed by atoms with Crippen LogP contribution in [0.3, 0.4) is 0 Å². The molecule has 2 aromatic heterocycles. The minimum absolute atomic E-state index is 0.159. The summed E-state index contributed by atoms with van der Waals surface area (Å²) in [6, 6.07) is 9.99. The number of fused-ring (bicyclic) bond motifs is 1. The first-order valence-electron chi connectivity index (χ1n) is 6.42. The van der Waals surface area contributed by atoms with E-state index in [0.717, 1.165) is 9.54 Å². The maximum Gasteiger partial charge on any atom is 0.269 e. The number of aromatic nitrogens is 2. The van der Waals surface area contributed by atoms with Crippen molar-refractivity contribution >= 4 is 21.1 Å². The van der Waals surface area contributed by atoms with E-state index >= 15 is 0 Å². The summed E-state index contributed by atoms with van der Waals surface area (Å²) in [7, 11) is -3.69. The molecule has 0 fully saturated rings. The number of aliphatic hydroxyl groups is 1. The van der Waals surface area contributed by atoms with Crippen molar-refractivity contribution in [3.8, 4) is 0 Å². The van der Waals surface area contributed by atoms with Gasteiger partial charge >= 0.3 is 0 Å². The monoisotopic (exact) mass is 302 g/mol. The maximum absolute atomic E-state index is 12.7. The van der Waals surface area contributed by atoms with Crippen LogP contribution in [0.4, 0.5) is 0 Å². The fourth-order valence-corrected chi connectivity index (χ4v) is 3.53. The molecule has 0 amide bonds. The van der Waals surface area contributed by atoms with Gasteiger partial charge in [-0.3, -0.25) is 0 Å². The van der Waals surface area contributed by atoms with Crippen molar-refractivity contribution < 1.29 is 13.5 Å². The first kappa shape index (κ1) is 13.8. The van der Waals surface area contributed by atoms with E-state index in [4.69, 9.17) is 0 Å². The maximum atomic E-state index is 12.7. The molecule has 0 radical (unpaired) electrons. The van der Waals surface area contributed by atoms with Gasteiger partial charge in [0.1, 0.15) is 0 Å². The number of nitrogens with zero attached hydrogens (tertiary/aromatic N) is 2. The minimum atomic E-state index is -3.69. The Labute approximate surface area is 122 Å². The quantitative estimate of drug-likeness (QED) is 0.804. The van der Waals surface area contributed by atoms with Crippen molar-refractivity contribution in [2.24, 2.45) is 0 Å². The van der Waals surface area contributed by atoms with Crippen LogP contribution in [0.1, 0.15) is 11.1 Å². The van der Waals surface area contributed by atoms with Gasteiger partial charge in [0.15, 0.2) is 5.65 Å². The van der Waals surface area contributed by atoms with Crippen LogP contribution < -0.4 is 0 Å². The summed E-state index contributed by atoms with van der Waals surface area (Å²) in [5.74, 6) is 0. The Morgan fingerprint density at radius 1 is 1.14 bits per heavy atom. The molecule has 1 aromatic carbocycles. The number of aryl methyl sites for hydroxylation is 1. The molecule has 0 spiro atoms. The Kier molecular flexibility index (Phi) is 3.27. The molecule has 0 unspecified atom stereocenters. The summed E-state index contributed by atoms with van der Waals surface area (Å²) in [6.45, 7) is 1.74. The third-order valence-corrected chi connectivity index (χ3v) is 5.07. The molecule has 0 atom stereocenters. The van der Waals surface area contributed by atoms with Crippen LogP contribution in [0.15, 0.2) is 53.7 Å². The predicted octanol–water partition coefficient (Wildman–Crippen LogP) is 2.07. The van der Waals surface area contributed by atoms with E-state index in [9.17, 15) is 13.5 Å². The Morgan fingerprint density at radius 3 is 2.52 bits per heavy atom. The topological polar surface area (TPSA) is 72.2 Å². The van der Waals surface area contributed by atoms with Crippen molar-refractivity contribution in [3.63, 3.8) is 0 Å². The summed E-state index contributed by atoms with van der Waals surface area (Å²) < 4.78 is 26.5. The van der Waals surface area contributed by atoms with E-state index in [2.05, 4.69) is 4.98 Å². The van der Waals surface area contributed by atoms with Crippen LogP contribution in [0, 0.1) is 6.92 Å². The molecule has 0 saturated heterocycles. The lowest BCUT2D eigenvalue weighted by atomic mass is 10.2. The smallest absolute Gasteiger partial charge is 0.269 e. The lowest BCUT2D eigenvalue weighted by molar-refractivity contribution is 0.283. The molecule has 2 heterocycles. The molecule has 21 heavy (non-hydrogen) atoms. The van der Waals surface area contributed by atoms with E-state index in [-0.39, 0.29) is 11.5 Å². The summed E-state index contributed by atoms with van der Waals surface area (Å²) in [4.78, 5) is 4.34. The van der Waals surface area contributed by atoms with Crippen LogP contribution in [0.25, 0.3) is 11.0 Å². The highest BCUT2D eigenvalue weighted by Gasteiger charge is 2.20. The Morgan fingerprint density at radius 2 is 1.86 bits per heavy atom. The highest BCUT2D eigenvalue weighted by Crippen LogP contribution is 2.23. The molecule has 0 saturated carbocycles. The molecular weight excluding hydrogens is 288 g/mol. The van der Waals surface area contributed by atoms with Crippen LogP contribution in [-0.4, -0.2) is 22.5 Å². The molecule has 0 aliphatic rings. The molecular formula is C15H14N2O3S. The molecule has 0 aliphatic heterocycles. The zero-order chi connectivity index (χ0) is 15.0. The lowest BCUT2D eigenvalue weighted by Gasteiger charge is -2.07. The van der Waals surface area contributed by atoms with Gasteiger partial charge in [0.2, 0.25) is 0 Å². The van der Waals surface area contributed by atoms with E-state index in [1.54, 1.807) is 36.4 Å². The SMILES string of the molecule is Cc1ccc(S(=O)(=O)n2ccc3c(CO)ccnc32)cc1. The number of hydrogen-bond acceptors (Lipinski definition) is 4. The predicted molar refractivity (Wildman–Crippen MR) is 79.4 cm³/mol. The number of benzene rings is 1. The third kappa shape index (κ3) is 2.22. The van der Waals surface area contributed by atoms with Crippen LogP contribution >= 0.6 is 0 Å². The molecule has 3 aromatic rings. The largest absolute Gasteiger partial charge is 0.392 e. The second-order valence-electron chi connectivity index (χ2n) is 4.80. The van der Waals surface area contributed by atoms with Gasteiger partial charge in [-0.1, -0.05) is 17.7 Å². The van der Waals surface area contributed by atoms with Crippen molar-refractivity contribution in [2.45, 2.75) is 18.4 Å². The van der Waals surface area contributed by atoms with Crippen LogP contribution in [-0.2, 0) is 16.6 Å². The zero-order valence-corrected chi connectivity index (χ0v) is 12.2. The Balaban J connectivity index is 2.22. The minimum Gasteiger partial charge on any atom is -0.392 e. The van der Waals surface area contributed by atoms with E-state index in [1.807, 2.05) is 6.92 Å². The van der Waals surface area contributed by atoms with Gasteiger partial charge in [0.25, 0.3) is 10.0 Å². The van der Waals surface area contributed by atoms with Gasteiger partial charge in [-0.15, -0.1) is 0 Å². The summed E-state index contributed by atoms with van der Waals surface area (Å²) in [5, 5.41) is 9.94. The molecule has 108 valence electrons. The molecule has 3 rings (SSSR count). The van der Waals surface area contributed by atoms with E-state index in [1.165, 1.54) is 12.4 Å². The van der Waals surface area contributed by atoms with E-state index in [0.29, 0.717) is 16.6 Å². The van der Waals surface area contributed by atoms with Gasteiger partial charge in [0.05, 0.1) is 11.5 Å². The van der Waals surface area contributed by atoms with Gasteiger partial charge in [-0.2, -0.15) is 0 Å². The molecule has 0 bridgehead atoms. The summed E-state index contributed by atoms with van der Waals surface area (Å²) in [6.07, 6.45) is 2.96. The first-order valence-corrected chi connectivity index (χ1v) is 7.86. The standard InChI is InChI=1S/C15H14N2O3S/c1-11-2-4-13(5-3-11)21(19,20)17-9-7-14-12(10-18)6-8-16-15(14)17/h2-9,18H,10H2,1H3. The fourth-order valence-electron chi connectivity index (χ4n) is 2.23. The Hall–Kier alpha value is -2.18. The summed E-state index contributed by atoms with van der Waals surface area (Å²) >= 11 is 0. The van der Waals surface area contributed by atoms with Crippen molar-refractivity contribution in [1.82, 2.24) is 8.96 Å². The van der Waals surface area contributed by atoms with Gasteiger partial charge < -0.3 is 5.11 Å². The number of rotatable bonds is 3. The first-order chi connectivity index (χ1) is 10.0. The molecule has 5 nitrogen and oxygen atoms in total.